The number of nitrogens with one attached hydrogen (secondary N) is 1. The number of fused-ring (bicyclic) bond motifs is 1. The molecule has 2 fully saturated rings. The van der Waals surface area contributed by atoms with Gasteiger partial charge in [0.1, 0.15) is 0 Å². The van der Waals surface area contributed by atoms with Crippen molar-refractivity contribution in [1.29, 1.82) is 0 Å². The van der Waals surface area contributed by atoms with Crippen molar-refractivity contribution in [2.45, 2.75) is 18.9 Å². The summed E-state index contributed by atoms with van der Waals surface area (Å²) >= 11 is 0. The van der Waals surface area contributed by atoms with Crippen LogP contribution in [0, 0.1) is 11.3 Å². The van der Waals surface area contributed by atoms with E-state index >= 15 is 0 Å². The van der Waals surface area contributed by atoms with Gasteiger partial charge in [0.05, 0.1) is 19.5 Å². The molecule has 0 unspecified atom stereocenters. The van der Waals surface area contributed by atoms with Crippen LogP contribution in [0.3, 0.4) is 0 Å². The van der Waals surface area contributed by atoms with Crippen LogP contribution in [0.1, 0.15) is 16.1 Å². The Balaban J connectivity index is 0.000000301. The molecule has 2 saturated heterocycles. The molecule has 38 heavy (non-hydrogen) atoms. The van der Waals surface area contributed by atoms with Crippen LogP contribution >= 0.6 is 0 Å². The standard InChI is InChI=1S/C18H21N3O3.2C2HF3O2/c22-17(16-4-2-6-24-16)20-11-18-12-21(9-15(18)10-23-13-18)8-14-3-1-5-19-7-14;2*3-2(4,5)1(6)7/h1-7,15H,8-13H2,(H,20,22);2*(H,6,7)/t15-,18+;;/m1../s1. The van der Waals surface area contributed by atoms with Gasteiger partial charge < -0.3 is 24.7 Å². The number of nitrogens with zero attached hydrogens (tertiary/aromatic N) is 2. The normalized spacial score (nSPS) is 20.8. The minimum Gasteiger partial charge on any atom is -0.475 e. The summed E-state index contributed by atoms with van der Waals surface area (Å²) in [6.45, 7) is 4.87. The molecule has 0 spiro atoms. The number of hydrogen-bond donors (Lipinski definition) is 3. The number of carboxylic acids is 2. The highest BCUT2D eigenvalue weighted by atomic mass is 19.4. The summed E-state index contributed by atoms with van der Waals surface area (Å²) in [5, 5.41) is 17.3. The quantitative estimate of drug-likeness (QED) is 0.475. The van der Waals surface area contributed by atoms with Crippen LogP contribution in [0.25, 0.3) is 0 Å². The van der Waals surface area contributed by atoms with Crippen LogP contribution < -0.4 is 5.32 Å². The SMILES string of the molecule is O=C(NC[C@]12COC[C@H]1CN(Cc1cccnc1)C2)c1ccco1.O=C(O)C(F)(F)F.O=C(O)C(F)(F)F. The summed E-state index contributed by atoms with van der Waals surface area (Å²) < 4.78 is 74.4. The van der Waals surface area contributed by atoms with E-state index in [2.05, 4.69) is 21.3 Å². The number of hydrogen-bond acceptors (Lipinski definition) is 7. The van der Waals surface area contributed by atoms with Gasteiger partial charge in [-0.15, -0.1) is 0 Å². The number of halogens is 6. The third-order valence-electron chi connectivity index (χ3n) is 5.55. The van der Waals surface area contributed by atoms with Crippen molar-refractivity contribution >= 4 is 17.8 Å². The number of furan rings is 1. The summed E-state index contributed by atoms with van der Waals surface area (Å²) in [5.41, 5.74) is 1.21. The molecule has 0 aliphatic carbocycles. The van der Waals surface area contributed by atoms with E-state index in [0.29, 0.717) is 24.8 Å². The number of carboxylic acid groups (broad SMARTS) is 2. The fourth-order valence-electron chi connectivity index (χ4n) is 3.81. The summed E-state index contributed by atoms with van der Waals surface area (Å²) in [7, 11) is 0. The summed E-state index contributed by atoms with van der Waals surface area (Å²) in [6.07, 6.45) is -4.95. The molecule has 2 aromatic heterocycles. The van der Waals surface area contributed by atoms with Gasteiger partial charge in [0.2, 0.25) is 0 Å². The predicted octanol–water partition coefficient (Wildman–Crippen LogP) is 2.82. The molecule has 0 radical (unpaired) electrons. The van der Waals surface area contributed by atoms with Gasteiger partial charge in [-0.25, -0.2) is 9.59 Å². The Bertz CT molecular complexity index is 1040. The molecule has 2 aromatic rings. The lowest BCUT2D eigenvalue weighted by atomic mass is 9.81. The van der Waals surface area contributed by atoms with E-state index < -0.39 is 24.3 Å². The molecule has 16 heteroatoms. The van der Waals surface area contributed by atoms with E-state index in [1.807, 2.05) is 12.3 Å². The Labute approximate surface area is 211 Å². The number of carbonyl (C=O) groups excluding carboxylic acids is 1. The molecule has 2 aliphatic heterocycles. The lowest BCUT2D eigenvalue weighted by Gasteiger charge is -2.27. The first-order chi connectivity index (χ1) is 17.6. The Morgan fingerprint density at radius 2 is 1.71 bits per heavy atom. The van der Waals surface area contributed by atoms with Crippen LogP contribution in [0.2, 0.25) is 0 Å². The van der Waals surface area contributed by atoms with E-state index in [9.17, 15) is 31.1 Å². The first kappa shape index (κ1) is 30.6. The van der Waals surface area contributed by atoms with Gasteiger partial charge >= 0.3 is 24.3 Å². The number of likely N-dealkylation sites (tertiary alicyclic amines) is 1. The summed E-state index contributed by atoms with van der Waals surface area (Å²) in [6, 6.07) is 7.47. The maximum absolute atomic E-state index is 12.2. The van der Waals surface area contributed by atoms with E-state index in [4.69, 9.17) is 29.0 Å². The minimum absolute atomic E-state index is 0.00946. The number of aromatic nitrogens is 1. The highest BCUT2D eigenvalue weighted by Gasteiger charge is 2.50. The number of alkyl halides is 6. The number of rotatable bonds is 5. The summed E-state index contributed by atoms with van der Waals surface area (Å²) in [4.78, 5) is 36.6. The molecular weight excluding hydrogens is 532 g/mol. The van der Waals surface area contributed by atoms with Gasteiger partial charge in [-0.2, -0.15) is 26.3 Å². The second-order valence-electron chi connectivity index (χ2n) is 8.37. The zero-order valence-electron chi connectivity index (χ0n) is 19.5. The Morgan fingerprint density at radius 1 is 1.08 bits per heavy atom. The number of amides is 1. The lowest BCUT2D eigenvalue weighted by Crippen LogP contribution is -2.43. The van der Waals surface area contributed by atoms with E-state index in [-0.39, 0.29) is 11.3 Å². The number of ether oxygens (including phenoxy) is 1. The van der Waals surface area contributed by atoms with Gasteiger partial charge in [0.25, 0.3) is 5.91 Å². The lowest BCUT2D eigenvalue weighted by molar-refractivity contribution is -0.193. The maximum atomic E-state index is 12.2. The van der Waals surface area contributed by atoms with Gasteiger partial charge in [-0.3, -0.25) is 14.7 Å². The smallest absolute Gasteiger partial charge is 0.475 e. The van der Waals surface area contributed by atoms with Crippen molar-refractivity contribution in [3.8, 4) is 0 Å². The molecule has 10 nitrogen and oxygen atoms in total. The molecule has 4 rings (SSSR count). The molecule has 0 aromatic carbocycles. The molecule has 0 bridgehead atoms. The van der Waals surface area contributed by atoms with E-state index in [0.717, 1.165) is 26.2 Å². The second kappa shape index (κ2) is 12.7. The highest BCUT2D eigenvalue weighted by molar-refractivity contribution is 5.91. The van der Waals surface area contributed by atoms with Crippen molar-refractivity contribution in [1.82, 2.24) is 15.2 Å². The van der Waals surface area contributed by atoms with Crippen molar-refractivity contribution < 1.29 is 60.1 Å². The van der Waals surface area contributed by atoms with E-state index in [1.54, 1.807) is 18.3 Å². The summed E-state index contributed by atoms with van der Waals surface area (Å²) in [5.74, 6) is -4.87. The zero-order valence-corrected chi connectivity index (χ0v) is 19.5. The molecule has 4 heterocycles. The molecule has 0 saturated carbocycles. The first-order valence-corrected chi connectivity index (χ1v) is 10.7. The molecule has 1 amide bonds. The maximum Gasteiger partial charge on any atom is 0.490 e. The van der Waals surface area contributed by atoms with Gasteiger partial charge in [-0.1, -0.05) is 6.07 Å². The van der Waals surface area contributed by atoms with Crippen LogP contribution in [0.15, 0.2) is 47.3 Å². The number of aliphatic carboxylic acids is 2. The fourth-order valence-corrected chi connectivity index (χ4v) is 3.81. The Kier molecular flexibility index (Phi) is 10.2. The molecule has 2 atom stereocenters. The highest BCUT2D eigenvalue weighted by Crippen LogP contribution is 2.41. The Hall–Kier alpha value is -3.66. The second-order valence-corrected chi connectivity index (χ2v) is 8.37. The molecule has 3 N–H and O–H groups in total. The third-order valence-corrected chi connectivity index (χ3v) is 5.55. The largest absolute Gasteiger partial charge is 0.490 e. The van der Waals surface area contributed by atoms with Crippen molar-refractivity contribution in [2.75, 3.05) is 32.8 Å². The third kappa shape index (κ3) is 9.02. The topological polar surface area (TPSA) is 142 Å². The molecule has 2 aliphatic rings. The van der Waals surface area contributed by atoms with Gasteiger partial charge in [0, 0.05) is 49.9 Å². The molecular formula is C22H23F6N3O7. The van der Waals surface area contributed by atoms with Crippen LogP contribution in [-0.4, -0.2) is 83.1 Å². The number of pyridine rings is 1. The average Bonchev–Trinajstić information content (AvgIpc) is 3.54. The Morgan fingerprint density at radius 3 is 2.21 bits per heavy atom. The van der Waals surface area contributed by atoms with Crippen LogP contribution in [-0.2, 0) is 20.9 Å². The first-order valence-electron chi connectivity index (χ1n) is 10.7. The van der Waals surface area contributed by atoms with Gasteiger partial charge in [-0.05, 0) is 23.8 Å². The number of carbonyl (C=O) groups is 3. The van der Waals surface area contributed by atoms with Crippen molar-refractivity contribution in [3.63, 3.8) is 0 Å². The van der Waals surface area contributed by atoms with E-state index in [1.165, 1.54) is 11.8 Å². The average molecular weight is 555 g/mol. The van der Waals surface area contributed by atoms with Crippen LogP contribution in [0.5, 0.6) is 0 Å². The van der Waals surface area contributed by atoms with Crippen LogP contribution in [0.4, 0.5) is 26.3 Å². The van der Waals surface area contributed by atoms with Gasteiger partial charge in [0.15, 0.2) is 5.76 Å². The zero-order chi connectivity index (χ0) is 28.6. The fraction of sp³-hybridized carbons (Fsp3) is 0.455. The minimum atomic E-state index is -5.08. The van der Waals surface area contributed by atoms with Crippen molar-refractivity contribution in [2.24, 2.45) is 11.3 Å². The monoisotopic (exact) mass is 555 g/mol. The predicted molar refractivity (Wildman–Crippen MR) is 115 cm³/mol. The molecule has 210 valence electrons. The van der Waals surface area contributed by atoms with Crippen molar-refractivity contribution in [3.05, 3.63) is 54.2 Å².